The number of rotatable bonds is 3. The summed E-state index contributed by atoms with van der Waals surface area (Å²) in [6, 6.07) is 0. The van der Waals surface area contributed by atoms with Crippen molar-refractivity contribution in [3.05, 3.63) is 11.7 Å². The van der Waals surface area contributed by atoms with Crippen LogP contribution in [0, 0.1) is 0 Å². The maximum atomic E-state index is 5.46. The maximum Gasteiger partial charge on any atom is 0.240 e. The number of hydrogen-bond donors (Lipinski definition) is 1. The minimum absolute atomic E-state index is 0.386. The first-order valence-corrected chi connectivity index (χ1v) is 9.41. The fourth-order valence-corrected chi connectivity index (χ4v) is 5.29. The highest BCUT2D eigenvalue weighted by Gasteiger charge is 2.28. The third-order valence-corrected chi connectivity index (χ3v) is 6.80. The van der Waals surface area contributed by atoms with Gasteiger partial charge in [0.1, 0.15) is 0 Å². The molecular formula is C13H22N4OS2. The van der Waals surface area contributed by atoms with E-state index in [0.29, 0.717) is 10.5 Å². The van der Waals surface area contributed by atoms with Crippen LogP contribution in [0.3, 0.4) is 0 Å². The van der Waals surface area contributed by atoms with Crippen molar-refractivity contribution in [2.24, 2.45) is 0 Å². The second kappa shape index (κ2) is 7.15. The van der Waals surface area contributed by atoms with E-state index in [4.69, 9.17) is 4.52 Å². The van der Waals surface area contributed by atoms with Gasteiger partial charge in [-0.3, -0.25) is 4.90 Å². The topological polar surface area (TPSA) is 54.2 Å². The van der Waals surface area contributed by atoms with Crippen LogP contribution in [0.15, 0.2) is 4.52 Å². The zero-order valence-corrected chi connectivity index (χ0v) is 13.5. The molecule has 3 rings (SSSR count). The summed E-state index contributed by atoms with van der Waals surface area (Å²) >= 11 is 3.97. The van der Waals surface area contributed by atoms with Crippen molar-refractivity contribution < 1.29 is 4.52 Å². The zero-order chi connectivity index (χ0) is 13.8. The molecule has 112 valence electrons. The molecule has 0 aliphatic carbocycles. The van der Waals surface area contributed by atoms with Gasteiger partial charge in [0.05, 0.1) is 11.8 Å². The Labute approximate surface area is 128 Å². The number of nitrogens with one attached hydrogen (secondary N) is 1. The molecule has 2 fully saturated rings. The van der Waals surface area contributed by atoms with Gasteiger partial charge in [0.15, 0.2) is 5.82 Å². The monoisotopic (exact) mass is 314 g/mol. The minimum Gasteiger partial charge on any atom is -0.338 e. The predicted octanol–water partition coefficient (Wildman–Crippen LogP) is 1.77. The Kier molecular flexibility index (Phi) is 5.25. The third-order valence-electron chi connectivity index (χ3n) is 3.72. The highest BCUT2D eigenvalue weighted by atomic mass is 32.2. The van der Waals surface area contributed by atoms with Crippen molar-refractivity contribution in [3.63, 3.8) is 0 Å². The van der Waals surface area contributed by atoms with Crippen molar-refractivity contribution >= 4 is 23.5 Å². The van der Waals surface area contributed by atoms with Gasteiger partial charge in [-0.2, -0.15) is 16.7 Å². The number of aromatic nitrogens is 2. The van der Waals surface area contributed by atoms with Gasteiger partial charge in [0.2, 0.25) is 5.89 Å². The largest absolute Gasteiger partial charge is 0.338 e. The second-order valence-electron chi connectivity index (χ2n) is 5.29. The number of thioether (sulfide) groups is 2. The molecule has 0 radical (unpaired) electrons. The Balaban J connectivity index is 1.61. The van der Waals surface area contributed by atoms with Crippen molar-refractivity contribution in [3.8, 4) is 0 Å². The molecule has 0 bridgehead atoms. The highest BCUT2D eigenvalue weighted by molar-refractivity contribution is 8.06. The Morgan fingerprint density at radius 2 is 2.20 bits per heavy atom. The summed E-state index contributed by atoms with van der Waals surface area (Å²) in [5.74, 6) is 4.07. The van der Waals surface area contributed by atoms with Crippen LogP contribution in [-0.4, -0.2) is 58.0 Å². The van der Waals surface area contributed by atoms with Crippen LogP contribution in [0.1, 0.15) is 30.3 Å². The molecule has 2 atom stereocenters. The minimum atomic E-state index is 0.386. The molecule has 3 heterocycles. The average Bonchev–Trinajstić information content (AvgIpc) is 2.75. The van der Waals surface area contributed by atoms with E-state index in [1.807, 2.05) is 23.5 Å². The van der Waals surface area contributed by atoms with Gasteiger partial charge >= 0.3 is 0 Å². The summed E-state index contributed by atoms with van der Waals surface area (Å²) in [5.41, 5.74) is 0. The van der Waals surface area contributed by atoms with E-state index in [2.05, 4.69) is 27.3 Å². The number of hydrogen-bond acceptors (Lipinski definition) is 7. The van der Waals surface area contributed by atoms with Crippen molar-refractivity contribution in [1.82, 2.24) is 20.4 Å². The van der Waals surface area contributed by atoms with Gasteiger partial charge in [-0.25, -0.2) is 0 Å². The predicted molar refractivity (Wildman–Crippen MR) is 84.2 cm³/mol. The summed E-state index contributed by atoms with van der Waals surface area (Å²) in [7, 11) is 0. The molecular weight excluding hydrogens is 292 g/mol. The van der Waals surface area contributed by atoms with Crippen molar-refractivity contribution in [2.75, 3.05) is 37.7 Å². The highest BCUT2D eigenvalue weighted by Crippen LogP contribution is 2.41. The Morgan fingerprint density at radius 3 is 3.10 bits per heavy atom. The van der Waals surface area contributed by atoms with Gasteiger partial charge in [-0.1, -0.05) is 12.1 Å². The Bertz CT molecular complexity index is 420. The van der Waals surface area contributed by atoms with Gasteiger partial charge in [0, 0.05) is 29.8 Å². The normalized spacial score (nSPS) is 29.2. The molecule has 2 aliphatic rings. The lowest BCUT2D eigenvalue weighted by molar-refractivity contribution is 0.238. The van der Waals surface area contributed by atoms with E-state index in [9.17, 15) is 0 Å². The zero-order valence-electron chi connectivity index (χ0n) is 11.9. The lowest BCUT2D eigenvalue weighted by Gasteiger charge is -2.24. The lowest BCUT2D eigenvalue weighted by Crippen LogP contribution is -2.27. The summed E-state index contributed by atoms with van der Waals surface area (Å²) in [4.78, 5) is 7.03. The van der Waals surface area contributed by atoms with Gasteiger partial charge < -0.3 is 9.84 Å². The Hall–Kier alpha value is -0.240. The molecule has 0 spiro atoms. The van der Waals surface area contributed by atoms with E-state index < -0.39 is 0 Å². The third kappa shape index (κ3) is 3.69. The van der Waals surface area contributed by atoms with Crippen LogP contribution >= 0.6 is 23.5 Å². The SMILES string of the molecule is CC1SCCSC1c1noc(CN2CCCNCC2)n1. The quantitative estimate of drug-likeness (QED) is 0.912. The van der Waals surface area contributed by atoms with E-state index in [-0.39, 0.29) is 0 Å². The maximum absolute atomic E-state index is 5.46. The fourth-order valence-electron chi connectivity index (χ4n) is 2.62. The van der Waals surface area contributed by atoms with Crippen LogP contribution < -0.4 is 5.32 Å². The average molecular weight is 314 g/mol. The standard InChI is InChI=1S/C13H22N4OS2/c1-10-12(20-8-7-19-10)13-15-11(18-16-13)9-17-5-2-3-14-4-6-17/h10,12,14H,2-9H2,1H3. The molecule has 2 saturated heterocycles. The molecule has 1 N–H and O–H groups in total. The fraction of sp³-hybridized carbons (Fsp3) is 0.846. The van der Waals surface area contributed by atoms with Gasteiger partial charge in [-0.15, -0.1) is 11.8 Å². The molecule has 0 amide bonds. The smallest absolute Gasteiger partial charge is 0.240 e. The van der Waals surface area contributed by atoms with Gasteiger partial charge in [-0.05, 0) is 19.5 Å². The molecule has 0 saturated carbocycles. The van der Waals surface area contributed by atoms with E-state index >= 15 is 0 Å². The van der Waals surface area contributed by atoms with E-state index in [0.717, 1.165) is 44.4 Å². The summed E-state index contributed by atoms with van der Waals surface area (Å²) in [6.07, 6.45) is 1.19. The molecule has 0 aromatic carbocycles. The van der Waals surface area contributed by atoms with Crippen LogP contribution in [-0.2, 0) is 6.54 Å². The Morgan fingerprint density at radius 1 is 1.30 bits per heavy atom. The first kappa shape index (κ1) is 14.7. The van der Waals surface area contributed by atoms with Crippen LogP contribution in [0.25, 0.3) is 0 Å². The second-order valence-corrected chi connectivity index (χ2v) is 8.03. The summed E-state index contributed by atoms with van der Waals surface area (Å²) in [6.45, 7) is 7.37. The van der Waals surface area contributed by atoms with Crippen LogP contribution in [0.5, 0.6) is 0 Å². The van der Waals surface area contributed by atoms with Crippen LogP contribution in [0.4, 0.5) is 0 Å². The van der Waals surface area contributed by atoms with Crippen LogP contribution in [0.2, 0.25) is 0 Å². The van der Waals surface area contributed by atoms with Crippen molar-refractivity contribution in [2.45, 2.75) is 30.4 Å². The molecule has 2 aliphatic heterocycles. The lowest BCUT2D eigenvalue weighted by atomic mass is 10.3. The molecule has 7 heteroatoms. The number of nitrogens with zero attached hydrogens (tertiary/aromatic N) is 3. The molecule has 20 heavy (non-hydrogen) atoms. The summed E-state index contributed by atoms with van der Waals surface area (Å²) < 4.78 is 5.46. The van der Waals surface area contributed by atoms with Crippen molar-refractivity contribution in [1.29, 1.82) is 0 Å². The van der Waals surface area contributed by atoms with E-state index in [1.165, 1.54) is 17.9 Å². The summed E-state index contributed by atoms with van der Waals surface area (Å²) in [5, 5.41) is 8.59. The molecule has 1 aromatic heterocycles. The molecule has 1 aromatic rings. The molecule has 5 nitrogen and oxygen atoms in total. The first-order chi connectivity index (χ1) is 9.83. The first-order valence-electron chi connectivity index (χ1n) is 7.31. The van der Waals surface area contributed by atoms with E-state index in [1.54, 1.807) is 0 Å². The van der Waals surface area contributed by atoms with Gasteiger partial charge in [0.25, 0.3) is 0 Å². The molecule has 2 unspecified atom stereocenters.